The molecule has 1 heterocycles. The van der Waals surface area contributed by atoms with Crippen LogP contribution in [0.3, 0.4) is 0 Å². The predicted molar refractivity (Wildman–Crippen MR) is 83.9 cm³/mol. The maximum Gasteiger partial charge on any atom is 0.244 e. The van der Waals surface area contributed by atoms with Crippen molar-refractivity contribution in [3.8, 4) is 0 Å². The Morgan fingerprint density at radius 3 is 2.43 bits per heavy atom. The van der Waals surface area contributed by atoms with Gasteiger partial charge in [-0.2, -0.15) is 4.31 Å². The number of morpholine rings is 1. The van der Waals surface area contributed by atoms with E-state index in [0.29, 0.717) is 35.9 Å². The van der Waals surface area contributed by atoms with Gasteiger partial charge in [0, 0.05) is 12.2 Å². The molecule has 1 aliphatic heterocycles. The van der Waals surface area contributed by atoms with E-state index in [2.05, 4.69) is 0 Å². The van der Waals surface area contributed by atoms with Crippen LogP contribution in [0.2, 0.25) is 0 Å². The minimum Gasteiger partial charge on any atom is -0.398 e. The number of rotatable bonds is 2. The molecular formula is C15H24N2O3S. The van der Waals surface area contributed by atoms with E-state index in [0.717, 1.165) is 11.1 Å². The van der Waals surface area contributed by atoms with Crippen molar-refractivity contribution < 1.29 is 13.2 Å². The van der Waals surface area contributed by atoms with Crippen LogP contribution < -0.4 is 5.73 Å². The fourth-order valence-corrected chi connectivity index (χ4v) is 5.18. The number of nitrogens with zero attached hydrogens (tertiary/aromatic N) is 1. The molecular weight excluding hydrogens is 288 g/mol. The van der Waals surface area contributed by atoms with Gasteiger partial charge >= 0.3 is 0 Å². The Kier molecular flexibility index (Phi) is 4.08. The summed E-state index contributed by atoms with van der Waals surface area (Å²) >= 11 is 0. The lowest BCUT2D eigenvalue weighted by atomic mass is 10.1. The minimum absolute atomic E-state index is 0.334. The SMILES string of the molecule is Cc1cc(C)c(S(=O)(=O)N2CCOCC2(C)C)c(C)c1N. The highest BCUT2D eigenvalue weighted by atomic mass is 32.2. The average Bonchev–Trinajstić information content (AvgIpc) is 2.34. The Hall–Kier alpha value is -1.11. The molecule has 2 N–H and O–H groups in total. The number of aryl methyl sites for hydroxylation is 2. The van der Waals surface area contributed by atoms with Gasteiger partial charge in [0.2, 0.25) is 10.0 Å². The van der Waals surface area contributed by atoms with Crippen molar-refractivity contribution in [3.63, 3.8) is 0 Å². The zero-order valence-electron chi connectivity index (χ0n) is 13.4. The van der Waals surface area contributed by atoms with Gasteiger partial charge in [0.05, 0.1) is 23.6 Å². The second-order valence-corrected chi connectivity index (χ2v) is 8.12. The molecule has 0 radical (unpaired) electrons. The lowest BCUT2D eigenvalue weighted by Gasteiger charge is -2.41. The standard InChI is InChI=1S/C15H24N2O3S/c1-10-8-11(2)14(12(3)13(10)16)21(18,19)17-6-7-20-9-15(17,4)5/h8H,6-7,9,16H2,1-5H3. The molecule has 1 aromatic rings. The topological polar surface area (TPSA) is 72.6 Å². The number of nitrogens with two attached hydrogens (primary N) is 1. The maximum absolute atomic E-state index is 13.1. The molecule has 1 saturated heterocycles. The van der Waals surface area contributed by atoms with E-state index < -0.39 is 15.6 Å². The monoisotopic (exact) mass is 312 g/mol. The van der Waals surface area contributed by atoms with Crippen molar-refractivity contribution in [2.24, 2.45) is 0 Å². The van der Waals surface area contributed by atoms with Crippen LogP contribution in [0.25, 0.3) is 0 Å². The lowest BCUT2D eigenvalue weighted by molar-refractivity contribution is -0.00773. The minimum atomic E-state index is -3.60. The molecule has 0 aliphatic carbocycles. The first kappa shape index (κ1) is 16.3. The second-order valence-electron chi connectivity index (χ2n) is 6.32. The molecule has 0 saturated carbocycles. The summed E-state index contributed by atoms with van der Waals surface area (Å²) in [5.41, 5.74) is 8.30. The fourth-order valence-electron chi connectivity index (χ4n) is 2.98. The van der Waals surface area contributed by atoms with Crippen LogP contribution in [0.4, 0.5) is 5.69 Å². The van der Waals surface area contributed by atoms with Crippen LogP contribution in [0.15, 0.2) is 11.0 Å². The zero-order valence-corrected chi connectivity index (χ0v) is 14.2. The van der Waals surface area contributed by atoms with Crippen molar-refractivity contribution in [1.29, 1.82) is 0 Å². The van der Waals surface area contributed by atoms with E-state index in [9.17, 15) is 8.42 Å². The summed E-state index contributed by atoms with van der Waals surface area (Å²) in [6.45, 7) is 10.4. The molecule has 0 spiro atoms. The molecule has 1 fully saturated rings. The van der Waals surface area contributed by atoms with Gasteiger partial charge in [0.15, 0.2) is 0 Å². The first-order valence-electron chi connectivity index (χ1n) is 7.06. The molecule has 118 valence electrons. The van der Waals surface area contributed by atoms with Crippen LogP contribution in [0.5, 0.6) is 0 Å². The highest BCUT2D eigenvalue weighted by Gasteiger charge is 2.41. The van der Waals surface area contributed by atoms with Crippen LogP contribution >= 0.6 is 0 Å². The molecule has 6 heteroatoms. The molecule has 0 unspecified atom stereocenters. The molecule has 21 heavy (non-hydrogen) atoms. The van der Waals surface area contributed by atoms with E-state index in [1.165, 1.54) is 4.31 Å². The number of anilines is 1. The van der Waals surface area contributed by atoms with Gasteiger partial charge < -0.3 is 10.5 Å². The summed E-state index contributed by atoms with van der Waals surface area (Å²) in [6, 6.07) is 1.84. The number of benzene rings is 1. The molecule has 0 bridgehead atoms. The third-order valence-electron chi connectivity index (χ3n) is 4.08. The van der Waals surface area contributed by atoms with Gasteiger partial charge in [-0.1, -0.05) is 6.07 Å². The fraction of sp³-hybridized carbons (Fsp3) is 0.600. The molecule has 5 nitrogen and oxygen atoms in total. The number of nitrogen functional groups attached to an aromatic ring is 1. The summed E-state index contributed by atoms with van der Waals surface area (Å²) in [7, 11) is -3.60. The number of hydrogen-bond donors (Lipinski definition) is 1. The zero-order chi connectivity index (χ0) is 16.0. The van der Waals surface area contributed by atoms with Crippen LogP contribution in [-0.2, 0) is 14.8 Å². The molecule has 2 rings (SSSR count). The van der Waals surface area contributed by atoms with Gasteiger partial charge in [-0.15, -0.1) is 0 Å². The molecule has 1 aromatic carbocycles. The van der Waals surface area contributed by atoms with E-state index >= 15 is 0 Å². The summed E-state index contributed by atoms with van der Waals surface area (Å²) in [5, 5.41) is 0. The summed E-state index contributed by atoms with van der Waals surface area (Å²) < 4.78 is 33.2. The third kappa shape index (κ3) is 2.67. The van der Waals surface area contributed by atoms with Gasteiger partial charge in [-0.25, -0.2) is 8.42 Å². The summed E-state index contributed by atoms with van der Waals surface area (Å²) in [5.74, 6) is 0. The predicted octanol–water partition coefficient (Wildman–Crippen LogP) is 1.99. The molecule has 0 aromatic heterocycles. The Labute approximate surface area is 127 Å². The molecule has 0 atom stereocenters. The Morgan fingerprint density at radius 2 is 1.86 bits per heavy atom. The van der Waals surface area contributed by atoms with Crippen molar-refractivity contribution in [3.05, 3.63) is 22.8 Å². The van der Waals surface area contributed by atoms with Crippen LogP contribution in [0.1, 0.15) is 30.5 Å². The van der Waals surface area contributed by atoms with Crippen molar-refractivity contribution >= 4 is 15.7 Å². The molecule has 0 amide bonds. The Bertz CT molecular complexity index is 666. The summed E-state index contributed by atoms with van der Waals surface area (Å²) in [4.78, 5) is 0.334. The van der Waals surface area contributed by atoms with E-state index in [-0.39, 0.29) is 0 Å². The van der Waals surface area contributed by atoms with Gasteiger partial charge in [0.25, 0.3) is 0 Å². The van der Waals surface area contributed by atoms with Crippen LogP contribution in [0, 0.1) is 20.8 Å². The highest BCUT2D eigenvalue weighted by molar-refractivity contribution is 7.89. The maximum atomic E-state index is 13.1. The van der Waals surface area contributed by atoms with E-state index in [4.69, 9.17) is 10.5 Å². The number of hydrogen-bond acceptors (Lipinski definition) is 4. The van der Waals surface area contributed by atoms with Gasteiger partial charge in [-0.3, -0.25) is 0 Å². The third-order valence-corrected chi connectivity index (χ3v) is 6.48. The Balaban J connectivity index is 2.63. The number of sulfonamides is 1. The van der Waals surface area contributed by atoms with Crippen LogP contribution in [-0.4, -0.2) is 38.0 Å². The second kappa shape index (κ2) is 5.26. The van der Waals surface area contributed by atoms with Gasteiger partial charge in [-0.05, 0) is 51.3 Å². The summed E-state index contributed by atoms with van der Waals surface area (Å²) in [6.07, 6.45) is 0. The van der Waals surface area contributed by atoms with Gasteiger partial charge in [0.1, 0.15) is 0 Å². The normalized spacial score (nSPS) is 19.7. The number of ether oxygens (including phenoxy) is 1. The van der Waals surface area contributed by atoms with Crippen molar-refractivity contribution in [2.75, 3.05) is 25.5 Å². The molecule has 1 aliphatic rings. The quantitative estimate of drug-likeness (QED) is 0.848. The first-order valence-corrected chi connectivity index (χ1v) is 8.50. The lowest BCUT2D eigenvalue weighted by Crippen LogP contribution is -2.55. The first-order chi connectivity index (χ1) is 9.59. The van der Waals surface area contributed by atoms with E-state index in [1.807, 2.05) is 33.8 Å². The largest absolute Gasteiger partial charge is 0.398 e. The highest BCUT2D eigenvalue weighted by Crippen LogP contribution is 2.34. The van der Waals surface area contributed by atoms with Crippen molar-refractivity contribution in [1.82, 2.24) is 4.31 Å². The van der Waals surface area contributed by atoms with E-state index in [1.54, 1.807) is 6.92 Å². The Morgan fingerprint density at radius 1 is 1.24 bits per heavy atom. The average molecular weight is 312 g/mol. The smallest absolute Gasteiger partial charge is 0.244 e. The van der Waals surface area contributed by atoms with Crippen molar-refractivity contribution in [2.45, 2.75) is 45.1 Å².